The molecule has 1 fully saturated rings. The number of pyridine rings is 1. The molecule has 0 unspecified atom stereocenters. The van der Waals surface area contributed by atoms with Gasteiger partial charge in [-0.1, -0.05) is 0 Å². The summed E-state index contributed by atoms with van der Waals surface area (Å²) < 4.78 is 0. The number of alkyl halides is 1. The van der Waals surface area contributed by atoms with Crippen molar-refractivity contribution < 1.29 is 0 Å². The number of rotatable bonds is 2. The van der Waals surface area contributed by atoms with Crippen LogP contribution in [0.5, 0.6) is 0 Å². The summed E-state index contributed by atoms with van der Waals surface area (Å²) >= 11 is 5.86. The quantitative estimate of drug-likeness (QED) is 0.710. The molecular weight excluding hydrogens is 172 g/mol. The van der Waals surface area contributed by atoms with Crippen molar-refractivity contribution in [2.45, 2.75) is 24.3 Å². The second-order valence-electron chi connectivity index (χ2n) is 3.15. The van der Waals surface area contributed by atoms with E-state index in [1.807, 2.05) is 12.1 Å². The van der Waals surface area contributed by atoms with Gasteiger partial charge in [-0.3, -0.25) is 4.98 Å². The van der Waals surface area contributed by atoms with Crippen LogP contribution in [0.3, 0.4) is 0 Å². The molecule has 64 valence electrons. The highest BCUT2D eigenvalue weighted by molar-refractivity contribution is 6.21. The molecule has 0 aliphatic heterocycles. The van der Waals surface area contributed by atoms with Crippen molar-refractivity contribution in [3.05, 3.63) is 24.5 Å². The maximum absolute atomic E-state index is 5.86. The van der Waals surface area contributed by atoms with Crippen LogP contribution in [0.2, 0.25) is 0 Å². The Morgan fingerprint density at radius 1 is 1.33 bits per heavy atom. The van der Waals surface area contributed by atoms with Gasteiger partial charge in [0, 0.05) is 29.5 Å². The van der Waals surface area contributed by atoms with Crippen molar-refractivity contribution in [1.29, 1.82) is 0 Å². The van der Waals surface area contributed by atoms with Crippen LogP contribution >= 0.6 is 11.6 Å². The highest BCUT2D eigenvalue weighted by Crippen LogP contribution is 2.28. The van der Waals surface area contributed by atoms with Gasteiger partial charge in [0.05, 0.1) is 0 Å². The lowest BCUT2D eigenvalue weighted by molar-refractivity contribution is 0.455. The molecular formula is C9H11ClN2. The second-order valence-corrected chi connectivity index (χ2v) is 3.76. The van der Waals surface area contributed by atoms with Gasteiger partial charge in [-0.2, -0.15) is 0 Å². The van der Waals surface area contributed by atoms with Crippen molar-refractivity contribution in [2.75, 3.05) is 5.32 Å². The fourth-order valence-corrected chi connectivity index (χ4v) is 1.78. The zero-order chi connectivity index (χ0) is 8.39. The summed E-state index contributed by atoms with van der Waals surface area (Å²) in [6, 6.07) is 4.51. The van der Waals surface area contributed by atoms with Crippen LogP contribution < -0.4 is 5.32 Å². The summed E-state index contributed by atoms with van der Waals surface area (Å²) in [5, 5.41) is 3.76. The van der Waals surface area contributed by atoms with E-state index >= 15 is 0 Å². The molecule has 1 aromatic rings. The highest BCUT2D eigenvalue weighted by atomic mass is 35.5. The average Bonchev–Trinajstić information content (AvgIpc) is 2.04. The zero-order valence-corrected chi connectivity index (χ0v) is 7.46. The summed E-state index contributed by atoms with van der Waals surface area (Å²) in [6.45, 7) is 0. The first-order chi connectivity index (χ1) is 5.84. The number of nitrogens with zero attached hydrogens (tertiary/aromatic N) is 1. The maximum atomic E-state index is 5.86. The van der Waals surface area contributed by atoms with Crippen LogP contribution in [-0.2, 0) is 0 Å². The van der Waals surface area contributed by atoms with Crippen LogP contribution in [0.4, 0.5) is 5.69 Å². The molecule has 12 heavy (non-hydrogen) atoms. The third kappa shape index (κ3) is 1.69. The van der Waals surface area contributed by atoms with E-state index in [-0.39, 0.29) is 0 Å². The Labute approximate surface area is 77.0 Å². The first-order valence-corrected chi connectivity index (χ1v) is 4.59. The molecule has 1 saturated carbocycles. The standard InChI is InChI=1S/C9H11ClN2/c10-7-5-9(6-7)12-8-1-3-11-4-2-8/h1-4,7,9H,5-6H2,(H,11,12). The smallest absolute Gasteiger partial charge is 0.0375 e. The average molecular weight is 183 g/mol. The van der Waals surface area contributed by atoms with Gasteiger partial charge in [-0.25, -0.2) is 0 Å². The molecule has 1 aliphatic rings. The molecule has 2 rings (SSSR count). The highest BCUT2D eigenvalue weighted by Gasteiger charge is 2.26. The minimum absolute atomic E-state index is 0.379. The molecule has 1 aromatic heterocycles. The molecule has 0 atom stereocenters. The van der Waals surface area contributed by atoms with E-state index in [9.17, 15) is 0 Å². The van der Waals surface area contributed by atoms with E-state index in [1.54, 1.807) is 12.4 Å². The Balaban J connectivity index is 1.88. The van der Waals surface area contributed by atoms with E-state index < -0.39 is 0 Å². The lowest BCUT2D eigenvalue weighted by Gasteiger charge is -2.32. The fourth-order valence-electron chi connectivity index (χ4n) is 1.35. The SMILES string of the molecule is ClC1CC(Nc2ccncc2)C1. The molecule has 1 heterocycles. The minimum atomic E-state index is 0.379. The first-order valence-electron chi connectivity index (χ1n) is 4.15. The third-order valence-electron chi connectivity index (χ3n) is 2.13. The minimum Gasteiger partial charge on any atom is -0.382 e. The van der Waals surface area contributed by atoms with Crippen molar-refractivity contribution in [1.82, 2.24) is 4.98 Å². The molecule has 0 amide bonds. The van der Waals surface area contributed by atoms with Gasteiger partial charge in [0.15, 0.2) is 0 Å². The summed E-state index contributed by atoms with van der Waals surface area (Å²) in [6.07, 6.45) is 5.73. The number of nitrogens with one attached hydrogen (secondary N) is 1. The fraction of sp³-hybridized carbons (Fsp3) is 0.444. The van der Waals surface area contributed by atoms with Gasteiger partial charge >= 0.3 is 0 Å². The summed E-state index contributed by atoms with van der Waals surface area (Å²) in [4.78, 5) is 3.95. The van der Waals surface area contributed by atoms with Gasteiger partial charge in [0.2, 0.25) is 0 Å². The van der Waals surface area contributed by atoms with Crippen LogP contribution in [0.25, 0.3) is 0 Å². The molecule has 0 spiro atoms. The van der Waals surface area contributed by atoms with E-state index in [4.69, 9.17) is 11.6 Å². The van der Waals surface area contributed by atoms with E-state index in [1.165, 1.54) is 0 Å². The summed E-state index contributed by atoms with van der Waals surface area (Å²) in [5.74, 6) is 0. The van der Waals surface area contributed by atoms with Gasteiger partial charge < -0.3 is 5.32 Å². The monoisotopic (exact) mass is 182 g/mol. The van der Waals surface area contributed by atoms with Gasteiger partial charge in [0.1, 0.15) is 0 Å². The lowest BCUT2D eigenvalue weighted by atomic mass is 9.92. The van der Waals surface area contributed by atoms with Gasteiger partial charge in [-0.15, -0.1) is 11.6 Å². The van der Waals surface area contributed by atoms with E-state index in [2.05, 4.69) is 10.3 Å². The second kappa shape index (κ2) is 3.31. The van der Waals surface area contributed by atoms with Crippen LogP contribution in [0.1, 0.15) is 12.8 Å². The third-order valence-corrected chi connectivity index (χ3v) is 2.49. The topological polar surface area (TPSA) is 24.9 Å². The first kappa shape index (κ1) is 7.87. The number of anilines is 1. The molecule has 3 heteroatoms. The largest absolute Gasteiger partial charge is 0.382 e. The predicted octanol–water partition coefficient (Wildman–Crippen LogP) is 2.26. The Morgan fingerprint density at radius 2 is 2.00 bits per heavy atom. The Hall–Kier alpha value is -0.760. The molecule has 0 bridgehead atoms. The maximum Gasteiger partial charge on any atom is 0.0375 e. The lowest BCUT2D eigenvalue weighted by Crippen LogP contribution is -2.35. The van der Waals surface area contributed by atoms with Crippen molar-refractivity contribution in [3.63, 3.8) is 0 Å². The van der Waals surface area contributed by atoms with Gasteiger partial charge in [0.25, 0.3) is 0 Å². The van der Waals surface area contributed by atoms with Crippen LogP contribution in [0.15, 0.2) is 24.5 Å². The van der Waals surface area contributed by atoms with E-state index in [0.29, 0.717) is 11.4 Å². The molecule has 1 aliphatic carbocycles. The number of aromatic nitrogens is 1. The normalized spacial score (nSPS) is 27.8. The molecule has 1 N–H and O–H groups in total. The van der Waals surface area contributed by atoms with Crippen LogP contribution in [-0.4, -0.2) is 16.4 Å². The number of hydrogen-bond acceptors (Lipinski definition) is 2. The number of hydrogen-bond donors (Lipinski definition) is 1. The molecule has 0 saturated heterocycles. The van der Waals surface area contributed by atoms with E-state index in [0.717, 1.165) is 18.5 Å². The zero-order valence-electron chi connectivity index (χ0n) is 6.70. The number of halogens is 1. The van der Waals surface area contributed by atoms with Crippen molar-refractivity contribution >= 4 is 17.3 Å². The van der Waals surface area contributed by atoms with Gasteiger partial charge in [-0.05, 0) is 25.0 Å². The van der Waals surface area contributed by atoms with Crippen molar-refractivity contribution in [3.8, 4) is 0 Å². The summed E-state index contributed by atoms with van der Waals surface area (Å²) in [7, 11) is 0. The van der Waals surface area contributed by atoms with Crippen LogP contribution in [0, 0.1) is 0 Å². The molecule has 0 aromatic carbocycles. The van der Waals surface area contributed by atoms with Crippen molar-refractivity contribution in [2.24, 2.45) is 0 Å². The predicted molar refractivity (Wildman–Crippen MR) is 50.5 cm³/mol. The molecule has 2 nitrogen and oxygen atoms in total. The Kier molecular flexibility index (Phi) is 2.17. The Morgan fingerprint density at radius 3 is 2.58 bits per heavy atom. The summed E-state index contributed by atoms with van der Waals surface area (Å²) in [5.41, 5.74) is 1.14. The Bertz CT molecular complexity index is 244. The molecule has 0 radical (unpaired) electrons.